The molecule has 3 aromatic rings. The fraction of sp³-hybridized carbons (Fsp3) is 0.318. The van der Waals surface area contributed by atoms with Gasteiger partial charge < -0.3 is 19.9 Å². The minimum Gasteiger partial charge on any atom is -0.461 e. The predicted octanol–water partition coefficient (Wildman–Crippen LogP) is 0.641. The minimum atomic E-state index is -0.588. The van der Waals surface area contributed by atoms with Crippen LogP contribution in [-0.2, 0) is 9.53 Å². The molecule has 3 heterocycles. The Morgan fingerprint density at radius 1 is 1.26 bits per heavy atom. The van der Waals surface area contributed by atoms with E-state index in [-0.39, 0.29) is 30.4 Å². The molecule has 1 saturated heterocycles. The van der Waals surface area contributed by atoms with E-state index in [0.717, 1.165) is 36.9 Å². The largest absolute Gasteiger partial charge is 0.461 e. The quantitative estimate of drug-likeness (QED) is 0.504. The number of nitrogens with one attached hydrogen (secondary N) is 4. The summed E-state index contributed by atoms with van der Waals surface area (Å²) >= 11 is 0. The average Bonchev–Trinajstić information content (AvgIpc) is 3.12. The zero-order valence-electron chi connectivity index (χ0n) is 17.3. The monoisotopic (exact) mass is 427 g/mol. The smallest absolute Gasteiger partial charge is 0.356 e. The van der Waals surface area contributed by atoms with Crippen molar-refractivity contribution in [1.82, 2.24) is 4.98 Å². The second-order valence-electron chi connectivity index (χ2n) is 7.50. The molecular weight excluding hydrogens is 401 g/mol. The minimum absolute atomic E-state index is 0.121. The topological polar surface area (TPSA) is 93.0 Å². The maximum absolute atomic E-state index is 13.8. The molecule has 1 aromatic carbocycles. The van der Waals surface area contributed by atoms with Gasteiger partial charge in [0.05, 0.1) is 18.5 Å². The molecule has 0 spiro atoms. The van der Waals surface area contributed by atoms with Gasteiger partial charge in [0.25, 0.3) is 11.7 Å². The number of carbonyl (C=O) groups is 2. The number of halogens is 1. The first-order valence-electron chi connectivity index (χ1n) is 10.4. The third-order valence-corrected chi connectivity index (χ3v) is 5.42. The van der Waals surface area contributed by atoms with Crippen LogP contribution in [-0.4, -0.2) is 56.2 Å². The lowest BCUT2D eigenvalue weighted by atomic mass is 10.2. The lowest BCUT2D eigenvalue weighted by Gasteiger charge is -2.27. The maximum Gasteiger partial charge on any atom is 0.356 e. The average molecular weight is 427 g/mol. The van der Waals surface area contributed by atoms with Crippen LogP contribution < -0.4 is 20.1 Å². The summed E-state index contributed by atoms with van der Waals surface area (Å²) in [7, 11) is 0. The van der Waals surface area contributed by atoms with E-state index in [1.807, 2.05) is 24.4 Å². The van der Waals surface area contributed by atoms with Crippen LogP contribution in [0, 0.1) is 5.82 Å². The van der Waals surface area contributed by atoms with Gasteiger partial charge in [-0.15, -0.1) is 0 Å². The van der Waals surface area contributed by atoms with Gasteiger partial charge >= 0.3 is 5.97 Å². The molecular formula is C22H26FN5O3+2. The summed E-state index contributed by atoms with van der Waals surface area (Å²) in [5.74, 6) is -0.206. The molecule has 8 nitrogen and oxygen atoms in total. The Hall–Kier alpha value is -3.46. The Balaban J connectivity index is 1.44. The van der Waals surface area contributed by atoms with Gasteiger partial charge in [-0.2, -0.15) is 0 Å². The summed E-state index contributed by atoms with van der Waals surface area (Å²) in [6.07, 6.45) is 1.90. The normalized spacial score (nSPS) is 14.6. The number of hydrogen-bond donors (Lipinski definition) is 3. The summed E-state index contributed by atoms with van der Waals surface area (Å²) in [5.41, 5.74) is 0.935. The number of anilines is 2. The first-order valence-corrected chi connectivity index (χ1v) is 10.4. The molecule has 2 aromatic heterocycles. The lowest BCUT2D eigenvalue weighted by Crippen LogP contribution is -3.15. The lowest BCUT2D eigenvalue weighted by molar-refractivity contribution is -0.892. The van der Waals surface area contributed by atoms with Gasteiger partial charge in [-0.1, -0.05) is 6.07 Å². The molecule has 0 bridgehead atoms. The first kappa shape index (κ1) is 20.8. The van der Waals surface area contributed by atoms with Gasteiger partial charge in [0.15, 0.2) is 6.54 Å². The van der Waals surface area contributed by atoms with Crippen LogP contribution in [0.1, 0.15) is 17.4 Å². The zero-order chi connectivity index (χ0) is 21.8. The number of amides is 1. The number of quaternary nitrogens is 1. The Kier molecular flexibility index (Phi) is 6.13. The van der Waals surface area contributed by atoms with Gasteiger partial charge in [0, 0.05) is 17.0 Å². The fourth-order valence-electron chi connectivity index (χ4n) is 3.88. The summed E-state index contributed by atoms with van der Waals surface area (Å²) in [6.45, 7) is 5.44. The van der Waals surface area contributed by atoms with Crippen LogP contribution in [0.15, 0.2) is 42.6 Å². The van der Waals surface area contributed by atoms with E-state index in [2.05, 4.69) is 20.2 Å². The number of fused-ring (bicyclic) bond motifs is 1. The van der Waals surface area contributed by atoms with Gasteiger partial charge in [-0.25, -0.2) is 14.2 Å². The molecule has 0 unspecified atom stereocenters. The molecule has 0 saturated carbocycles. The predicted molar refractivity (Wildman–Crippen MR) is 114 cm³/mol. The molecule has 162 valence electrons. The summed E-state index contributed by atoms with van der Waals surface area (Å²) in [4.78, 5) is 34.7. The maximum atomic E-state index is 13.8. The van der Waals surface area contributed by atoms with Crippen LogP contribution in [0.25, 0.3) is 10.9 Å². The molecule has 4 rings (SSSR count). The number of hydrogen-bond acceptors (Lipinski definition) is 4. The van der Waals surface area contributed by atoms with Crippen LogP contribution in [0.3, 0.4) is 0 Å². The summed E-state index contributed by atoms with van der Waals surface area (Å²) in [5, 5.41) is 3.25. The second kappa shape index (κ2) is 9.13. The first-order chi connectivity index (χ1) is 15.0. The molecule has 9 heteroatoms. The number of piperazine rings is 1. The Labute approximate surface area is 179 Å². The van der Waals surface area contributed by atoms with Gasteiger partial charge in [0.2, 0.25) is 0 Å². The van der Waals surface area contributed by atoms with E-state index >= 15 is 0 Å². The van der Waals surface area contributed by atoms with E-state index < -0.39 is 11.8 Å². The summed E-state index contributed by atoms with van der Waals surface area (Å²) < 4.78 is 18.9. The molecule has 1 fully saturated rings. The molecule has 0 aliphatic carbocycles. The number of aromatic amines is 2. The third-order valence-electron chi connectivity index (χ3n) is 5.42. The summed E-state index contributed by atoms with van der Waals surface area (Å²) in [6, 6.07) is 10.1. The molecule has 1 amide bonds. The van der Waals surface area contributed by atoms with E-state index in [1.54, 1.807) is 6.92 Å². The number of rotatable bonds is 6. The van der Waals surface area contributed by atoms with Crippen LogP contribution in [0.4, 0.5) is 15.9 Å². The van der Waals surface area contributed by atoms with Crippen molar-refractivity contribution < 1.29 is 28.6 Å². The number of nitrogens with zero attached hydrogens (tertiary/aromatic N) is 1. The highest BCUT2D eigenvalue weighted by molar-refractivity contribution is 6.11. The fourth-order valence-corrected chi connectivity index (χ4v) is 3.88. The molecule has 4 N–H and O–H groups in total. The van der Waals surface area contributed by atoms with Crippen molar-refractivity contribution >= 4 is 34.3 Å². The molecule has 0 atom stereocenters. The van der Waals surface area contributed by atoms with Crippen molar-refractivity contribution in [1.29, 1.82) is 0 Å². The van der Waals surface area contributed by atoms with E-state index in [1.165, 1.54) is 18.2 Å². The third kappa shape index (κ3) is 4.66. The standard InChI is InChI=1S/C22H24FN5O3/c1-2-31-22(30)21-20(16-13-15(23)6-7-17(16)25-21)26-19(29)14-27-9-11-28(12-10-27)18-5-3-4-8-24-18/h3-8,13,25H,2,9-12,14H2,1H3,(H,26,29)/p+2. The number of pyridine rings is 1. The van der Waals surface area contributed by atoms with Crippen molar-refractivity contribution in [2.24, 2.45) is 0 Å². The van der Waals surface area contributed by atoms with Gasteiger partial charge in [0.1, 0.15) is 37.7 Å². The zero-order valence-corrected chi connectivity index (χ0v) is 17.3. The van der Waals surface area contributed by atoms with Crippen LogP contribution in [0.2, 0.25) is 0 Å². The number of carbonyl (C=O) groups excluding carboxylic acids is 2. The van der Waals surface area contributed by atoms with Crippen molar-refractivity contribution in [3.8, 4) is 0 Å². The molecule has 1 aliphatic rings. The highest BCUT2D eigenvalue weighted by Crippen LogP contribution is 2.29. The molecule has 31 heavy (non-hydrogen) atoms. The number of benzene rings is 1. The van der Waals surface area contributed by atoms with Crippen molar-refractivity contribution in [2.75, 3.05) is 49.5 Å². The van der Waals surface area contributed by atoms with Gasteiger partial charge in [-0.3, -0.25) is 9.69 Å². The van der Waals surface area contributed by atoms with Crippen LogP contribution >= 0.6 is 0 Å². The van der Waals surface area contributed by atoms with Crippen LogP contribution in [0.5, 0.6) is 0 Å². The van der Waals surface area contributed by atoms with Crippen molar-refractivity contribution in [3.63, 3.8) is 0 Å². The highest BCUT2D eigenvalue weighted by Gasteiger charge is 2.28. The van der Waals surface area contributed by atoms with E-state index in [4.69, 9.17) is 4.74 Å². The number of esters is 1. The van der Waals surface area contributed by atoms with E-state index in [0.29, 0.717) is 10.9 Å². The van der Waals surface area contributed by atoms with Crippen molar-refractivity contribution in [3.05, 3.63) is 54.1 Å². The number of H-pyrrole nitrogens is 2. The molecule has 0 radical (unpaired) electrons. The van der Waals surface area contributed by atoms with E-state index in [9.17, 15) is 14.0 Å². The van der Waals surface area contributed by atoms with Gasteiger partial charge in [-0.05, 0) is 31.2 Å². The SMILES string of the molecule is CCOC(=O)c1[nH]c2ccc(F)cc2c1NC(=O)C[NH+]1CCN(c2cccc[nH+]2)CC1. The van der Waals surface area contributed by atoms with Crippen molar-refractivity contribution in [2.45, 2.75) is 6.92 Å². The number of ether oxygens (including phenoxy) is 1. The Bertz CT molecular complexity index is 1080. The molecule has 1 aliphatic heterocycles. The number of aromatic nitrogens is 2. The highest BCUT2D eigenvalue weighted by atomic mass is 19.1. The second-order valence-corrected chi connectivity index (χ2v) is 7.50. The Morgan fingerprint density at radius 2 is 2.06 bits per heavy atom. The Morgan fingerprint density at radius 3 is 2.77 bits per heavy atom.